The van der Waals surface area contributed by atoms with Gasteiger partial charge in [0.2, 0.25) is 11.9 Å². The SMILES string of the molecule is O=C(CN1CCOCC1)N1CC=C(c2cnc(NCc3ccco3)n3cnnc23)CC1. The van der Waals surface area contributed by atoms with Crippen molar-refractivity contribution in [3.05, 3.63) is 48.3 Å². The number of rotatable bonds is 6. The molecule has 0 bridgehead atoms. The highest BCUT2D eigenvalue weighted by Gasteiger charge is 2.23. The van der Waals surface area contributed by atoms with Crippen LogP contribution in [0, 0.1) is 0 Å². The van der Waals surface area contributed by atoms with E-state index in [0.29, 0.717) is 45.3 Å². The molecular weight excluding hydrogens is 398 g/mol. The van der Waals surface area contributed by atoms with E-state index in [1.54, 1.807) is 12.6 Å². The standard InChI is InChI=1S/C21H25N7O3/c29-19(14-26-7-10-30-11-8-26)27-5-3-16(4-6-27)18-13-23-21(28-15-24-25-20(18)28)22-12-17-2-1-9-31-17/h1-3,9,13,15H,4-8,10-12,14H2,(H,22,23). The van der Waals surface area contributed by atoms with Crippen LogP contribution in [0.1, 0.15) is 17.7 Å². The second kappa shape index (κ2) is 8.86. The Morgan fingerprint density at radius 1 is 1.23 bits per heavy atom. The van der Waals surface area contributed by atoms with Gasteiger partial charge in [-0.05, 0) is 24.1 Å². The highest BCUT2D eigenvalue weighted by atomic mass is 16.5. The molecule has 10 heteroatoms. The molecule has 3 aromatic heterocycles. The summed E-state index contributed by atoms with van der Waals surface area (Å²) in [6, 6.07) is 3.76. The number of furan rings is 1. The summed E-state index contributed by atoms with van der Waals surface area (Å²) < 4.78 is 12.6. The average molecular weight is 423 g/mol. The first-order chi connectivity index (χ1) is 15.3. The molecule has 5 rings (SSSR count). The van der Waals surface area contributed by atoms with Crippen LogP contribution in [0.15, 0.2) is 41.4 Å². The first kappa shape index (κ1) is 19.7. The van der Waals surface area contributed by atoms with E-state index >= 15 is 0 Å². The maximum absolute atomic E-state index is 12.7. The Labute approximate surface area is 179 Å². The number of hydrogen-bond acceptors (Lipinski definition) is 8. The summed E-state index contributed by atoms with van der Waals surface area (Å²) in [7, 11) is 0. The molecule has 2 aliphatic heterocycles. The lowest BCUT2D eigenvalue weighted by atomic mass is 10.0. The van der Waals surface area contributed by atoms with Gasteiger partial charge in [0.25, 0.3) is 0 Å². The minimum Gasteiger partial charge on any atom is -0.467 e. The molecule has 1 amide bonds. The molecule has 0 atom stereocenters. The molecule has 0 saturated carbocycles. The smallest absolute Gasteiger partial charge is 0.237 e. The van der Waals surface area contributed by atoms with Crippen LogP contribution in [0.3, 0.4) is 0 Å². The molecule has 0 unspecified atom stereocenters. The van der Waals surface area contributed by atoms with Crippen LogP contribution in [0.4, 0.5) is 5.95 Å². The van der Waals surface area contributed by atoms with Crippen LogP contribution in [-0.2, 0) is 16.1 Å². The summed E-state index contributed by atoms with van der Waals surface area (Å²) in [4.78, 5) is 21.3. The number of nitrogens with zero attached hydrogens (tertiary/aromatic N) is 6. The zero-order valence-electron chi connectivity index (χ0n) is 17.2. The minimum absolute atomic E-state index is 0.167. The van der Waals surface area contributed by atoms with E-state index in [0.717, 1.165) is 42.1 Å². The molecule has 5 heterocycles. The van der Waals surface area contributed by atoms with Crippen LogP contribution < -0.4 is 5.32 Å². The van der Waals surface area contributed by atoms with Crippen LogP contribution in [0.25, 0.3) is 11.2 Å². The van der Waals surface area contributed by atoms with E-state index < -0.39 is 0 Å². The third-order valence-corrected chi connectivity index (χ3v) is 5.70. The quantitative estimate of drug-likeness (QED) is 0.633. The van der Waals surface area contributed by atoms with Gasteiger partial charge in [-0.15, -0.1) is 10.2 Å². The summed E-state index contributed by atoms with van der Waals surface area (Å²) >= 11 is 0. The lowest BCUT2D eigenvalue weighted by Crippen LogP contribution is -2.45. The van der Waals surface area contributed by atoms with E-state index in [1.807, 2.05) is 27.6 Å². The normalized spacial score (nSPS) is 17.7. The van der Waals surface area contributed by atoms with Crippen LogP contribution in [0.5, 0.6) is 0 Å². The summed E-state index contributed by atoms with van der Waals surface area (Å²) in [6.45, 7) is 5.30. The number of anilines is 1. The number of carbonyl (C=O) groups is 1. The molecule has 1 N–H and O–H groups in total. The Morgan fingerprint density at radius 3 is 2.90 bits per heavy atom. The van der Waals surface area contributed by atoms with Gasteiger partial charge in [-0.1, -0.05) is 6.08 Å². The second-order valence-corrected chi connectivity index (χ2v) is 7.66. The van der Waals surface area contributed by atoms with Gasteiger partial charge in [0.1, 0.15) is 12.1 Å². The van der Waals surface area contributed by atoms with Gasteiger partial charge in [-0.25, -0.2) is 4.98 Å². The topological polar surface area (TPSA) is 101 Å². The highest BCUT2D eigenvalue weighted by molar-refractivity contribution is 5.81. The van der Waals surface area contributed by atoms with Crippen LogP contribution >= 0.6 is 0 Å². The van der Waals surface area contributed by atoms with E-state index in [4.69, 9.17) is 9.15 Å². The summed E-state index contributed by atoms with van der Waals surface area (Å²) in [6.07, 6.45) is 7.98. The molecule has 3 aromatic rings. The molecule has 0 aliphatic carbocycles. The van der Waals surface area contributed by atoms with Crippen molar-refractivity contribution in [1.82, 2.24) is 29.4 Å². The fraction of sp³-hybridized carbons (Fsp3) is 0.429. The Bertz CT molecular complexity index is 1070. The molecule has 0 radical (unpaired) electrons. The monoisotopic (exact) mass is 423 g/mol. The molecule has 1 fully saturated rings. The lowest BCUT2D eigenvalue weighted by Gasteiger charge is -2.31. The first-order valence-corrected chi connectivity index (χ1v) is 10.5. The third-order valence-electron chi connectivity index (χ3n) is 5.70. The molecule has 31 heavy (non-hydrogen) atoms. The number of morpholine rings is 1. The zero-order chi connectivity index (χ0) is 21.0. The predicted octanol–water partition coefficient (Wildman–Crippen LogP) is 1.28. The fourth-order valence-corrected chi connectivity index (χ4v) is 3.95. The highest BCUT2D eigenvalue weighted by Crippen LogP contribution is 2.26. The number of aromatic nitrogens is 4. The van der Waals surface area contributed by atoms with Crippen molar-refractivity contribution in [3.8, 4) is 0 Å². The van der Waals surface area contributed by atoms with Gasteiger partial charge < -0.3 is 19.4 Å². The number of nitrogens with one attached hydrogen (secondary N) is 1. The second-order valence-electron chi connectivity index (χ2n) is 7.66. The summed E-state index contributed by atoms with van der Waals surface area (Å²) in [5.74, 6) is 1.64. The Balaban J connectivity index is 1.27. The third kappa shape index (κ3) is 4.30. The number of amides is 1. The minimum atomic E-state index is 0.167. The van der Waals surface area contributed by atoms with E-state index in [1.165, 1.54) is 0 Å². The van der Waals surface area contributed by atoms with Crippen LogP contribution in [0.2, 0.25) is 0 Å². The van der Waals surface area contributed by atoms with E-state index in [2.05, 4.69) is 31.5 Å². The van der Waals surface area contributed by atoms with Gasteiger partial charge in [-0.2, -0.15) is 0 Å². The summed E-state index contributed by atoms with van der Waals surface area (Å²) in [5, 5.41) is 11.6. The Kier molecular flexibility index (Phi) is 5.63. The maximum atomic E-state index is 12.7. The molecule has 0 aromatic carbocycles. The van der Waals surface area contributed by atoms with Crippen molar-refractivity contribution in [3.63, 3.8) is 0 Å². The van der Waals surface area contributed by atoms with Crippen LogP contribution in [-0.4, -0.2) is 81.2 Å². The molecule has 2 aliphatic rings. The maximum Gasteiger partial charge on any atom is 0.237 e. The van der Waals surface area contributed by atoms with Crippen molar-refractivity contribution in [1.29, 1.82) is 0 Å². The predicted molar refractivity (Wildman–Crippen MR) is 113 cm³/mol. The van der Waals surface area contributed by atoms with Gasteiger partial charge in [-0.3, -0.25) is 14.1 Å². The summed E-state index contributed by atoms with van der Waals surface area (Å²) in [5.41, 5.74) is 2.83. The van der Waals surface area contributed by atoms with Crippen molar-refractivity contribution >= 4 is 23.1 Å². The average Bonchev–Trinajstić information content (AvgIpc) is 3.51. The molecule has 10 nitrogen and oxygen atoms in total. The fourth-order valence-electron chi connectivity index (χ4n) is 3.95. The molecule has 1 saturated heterocycles. The molecule has 0 spiro atoms. The number of carbonyl (C=O) groups excluding carboxylic acids is 1. The number of hydrogen-bond donors (Lipinski definition) is 1. The van der Waals surface area contributed by atoms with Crippen molar-refractivity contribution in [2.24, 2.45) is 0 Å². The molecular formula is C21H25N7O3. The van der Waals surface area contributed by atoms with E-state index in [-0.39, 0.29) is 5.91 Å². The van der Waals surface area contributed by atoms with Crippen molar-refractivity contribution < 1.29 is 13.9 Å². The number of ether oxygens (including phenoxy) is 1. The van der Waals surface area contributed by atoms with Crippen molar-refractivity contribution in [2.75, 3.05) is 51.3 Å². The van der Waals surface area contributed by atoms with Gasteiger partial charge >= 0.3 is 0 Å². The number of fused-ring (bicyclic) bond motifs is 1. The first-order valence-electron chi connectivity index (χ1n) is 10.5. The largest absolute Gasteiger partial charge is 0.467 e. The Morgan fingerprint density at radius 2 is 2.13 bits per heavy atom. The van der Waals surface area contributed by atoms with Gasteiger partial charge in [0, 0.05) is 37.9 Å². The lowest BCUT2D eigenvalue weighted by molar-refractivity contribution is -0.133. The van der Waals surface area contributed by atoms with Crippen molar-refractivity contribution in [2.45, 2.75) is 13.0 Å². The molecule has 162 valence electrons. The van der Waals surface area contributed by atoms with E-state index in [9.17, 15) is 4.79 Å². The Hall–Kier alpha value is -3.24. The zero-order valence-corrected chi connectivity index (χ0v) is 17.2. The van der Waals surface area contributed by atoms with Gasteiger partial charge in [0.15, 0.2) is 5.65 Å². The van der Waals surface area contributed by atoms with Gasteiger partial charge in [0.05, 0.1) is 32.6 Å².